The summed E-state index contributed by atoms with van der Waals surface area (Å²) >= 11 is 0. The molecule has 1 fully saturated rings. The Bertz CT molecular complexity index is 841. The minimum Gasteiger partial charge on any atom is -0.396 e. The number of aliphatic hydroxyl groups is 1. The van der Waals surface area contributed by atoms with Crippen LogP contribution in [-0.2, 0) is 6.54 Å². The van der Waals surface area contributed by atoms with Crippen molar-refractivity contribution in [3.63, 3.8) is 0 Å². The molecular formula is C20H23N5O2. The van der Waals surface area contributed by atoms with E-state index in [9.17, 15) is 5.11 Å². The Balaban J connectivity index is 1.49. The number of rotatable bonds is 6. The smallest absolute Gasteiger partial charge is 0.214 e. The molecule has 2 aromatic heterocycles. The van der Waals surface area contributed by atoms with Crippen LogP contribution in [0.4, 0.5) is 5.82 Å². The first-order valence-corrected chi connectivity index (χ1v) is 9.20. The molecule has 1 atom stereocenters. The van der Waals surface area contributed by atoms with Crippen LogP contribution in [0.15, 0.2) is 59.6 Å². The molecule has 4 rings (SSSR count). The SMILES string of the molecule is OCC[C@@H]1CN(c2cc(-c3ncon3)ccn2)CCN1Cc1ccccc1. The molecular weight excluding hydrogens is 342 g/mol. The summed E-state index contributed by atoms with van der Waals surface area (Å²) in [5, 5.41) is 13.4. The third-order valence-corrected chi connectivity index (χ3v) is 4.98. The van der Waals surface area contributed by atoms with Gasteiger partial charge in [-0.2, -0.15) is 4.98 Å². The van der Waals surface area contributed by atoms with E-state index in [4.69, 9.17) is 4.52 Å². The average Bonchev–Trinajstić information content (AvgIpc) is 3.25. The molecule has 3 aromatic rings. The van der Waals surface area contributed by atoms with E-state index in [-0.39, 0.29) is 12.6 Å². The highest BCUT2D eigenvalue weighted by atomic mass is 16.5. The number of nitrogens with zero attached hydrogens (tertiary/aromatic N) is 5. The zero-order valence-electron chi connectivity index (χ0n) is 15.1. The maximum atomic E-state index is 9.54. The van der Waals surface area contributed by atoms with Gasteiger partial charge in [0.2, 0.25) is 12.2 Å². The molecule has 7 heteroatoms. The highest BCUT2D eigenvalue weighted by Gasteiger charge is 2.27. The Labute approximate surface area is 158 Å². The Hall–Kier alpha value is -2.77. The second kappa shape index (κ2) is 8.28. The average molecular weight is 365 g/mol. The zero-order valence-corrected chi connectivity index (χ0v) is 15.1. The third-order valence-electron chi connectivity index (χ3n) is 4.98. The second-order valence-electron chi connectivity index (χ2n) is 6.73. The van der Waals surface area contributed by atoms with Gasteiger partial charge in [-0.1, -0.05) is 35.5 Å². The molecule has 0 saturated carbocycles. The normalized spacial score (nSPS) is 18.0. The van der Waals surface area contributed by atoms with Crippen molar-refractivity contribution in [2.75, 3.05) is 31.1 Å². The van der Waals surface area contributed by atoms with Crippen molar-refractivity contribution in [1.29, 1.82) is 0 Å². The summed E-state index contributed by atoms with van der Waals surface area (Å²) < 4.78 is 4.84. The largest absolute Gasteiger partial charge is 0.396 e. The fraction of sp³-hybridized carbons (Fsp3) is 0.350. The van der Waals surface area contributed by atoms with Crippen molar-refractivity contribution in [2.45, 2.75) is 19.0 Å². The van der Waals surface area contributed by atoms with Crippen LogP contribution in [0.5, 0.6) is 0 Å². The molecule has 27 heavy (non-hydrogen) atoms. The van der Waals surface area contributed by atoms with Crippen LogP contribution in [-0.4, -0.2) is 57.4 Å². The number of piperazine rings is 1. The third kappa shape index (κ3) is 4.15. The first-order valence-electron chi connectivity index (χ1n) is 9.20. The molecule has 140 valence electrons. The summed E-state index contributed by atoms with van der Waals surface area (Å²) in [7, 11) is 0. The van der Waals surface area contributed by atoms with Crippen LogP contribution in [0, 0.1) is 0 Å². The fourth-order valence-electron chi connectivity index (χ4n) is 3.58. The Morgan fingerprint density at radius 2 is 2.00 bits per heavy atom. The number of anilines is 1. The topological polar surface area (TPSA) is 78.5 Å². The van der Waals surface area contributed by atoms with E-state index >= 15 is 0 Å². The molecule has 1 aromatic carbocycles. The molecule has 0 unspecified atom stereocenters. The quantitative estimate of drug-likeness (QED) is 0.717. The Morgan fingerprint density at radius 3 is 2.78 bits per heavy atom. The van der Waals surface area contributed by atoms with E-state index in [2.05, 4.69) is 49.2 Å². The second-order valence-corrected chi connectivity index (χ2v) is 6.73. The number of benzene rings is 1. The van der Waals surface area contributed by atoms with Gasteiger partial charge in [0.05, 0.1) is 0 Å². The molecule has 3 heterocycles. The van der Waals surface area contributed by atoms with Gasteiger partial charge in [-0.15, -0.1) is 0 Å². The summed E-state index contributed by atoms with van der Waals surface area (Å²) in [5.74, 6) is 1.47. The van der Waals surface area contributed by atoms with E-state index in [1.54, 1.807) is 6.20 Å². The Morgan fingerprint density at radius 1 is 1.11 bits per heavy atom. The van der Waals surface area contributed by atoms with Crippen LogP contribution >= 0.6 is 0 Å². The molecule has 1 saturated heterocycles. The fourth-order valence-corrected chi connectivity index (χ4v) is 3.58. The standard InChI is InChI=1S/C20H23N5O2/c26-11-7-18-14-25(10-9-24(18)13-16-4-2-1-3-5-16)19-12-17(6-8-21-19)20-22-15-27-23-20/h1-6,8,12,15,18,26H,7,9-11,13-14H2/t18-/m1/s1. The van der Waals surface area contributed by atoms with Gasteiger partial charge in [-0.05, 0) is 24.1 Å². The lowest BCUT2D eigenvalue weighted by Crippen LogP contribution is -2.53. The van der Waals surface area contributed by atoms with Crippen molar-refractivity contribution in [3.8, 4) is 11.4 Å². The maximum absolute atomic E-state index is 9.54. The molecule has 1 aliphatic rings. The van der Waals surface area contributed by atoms with Crippen LogP contribution in [0.25, 0.3) is 11.4 Å². The van der Waals surface area contributed by atoms with E-state index in [0.29, 0.717) is 5.82 Å². The van der Waals surface area contributed by atoms with E-state index in [0.717, 1.165) is 44.0 Å². The summed E-state index contributed by atoms with van der Waals surface area (Å²) in [4.78, 5) is 13.4. The van der Waals surface area contributed by atoms with Crippen molar-refractivity contribution >= 4 is 5.82 Å². The van der Waals surface area contributed by atoms with Crippen molar-refractivity contribution in [3.05, 3.63) is 60.6 Å². The Kier molecular flexibility index (Phi) is 5.41. The molecule has 1 N–H and O–H groups in total. The maximum Gasteiger partial charge on any atom is 0.214 e. The molecule has 0 aliphatic carbocycles. The number of hydrogen-bond acceptors (Lipinski definition) is 7. The molecule has 0 spiro atoms. The van der Waals surface area contributed by atoms with Crippen LogP contribution in [0.3, 0.4) is 0 Å². The summed E-state index contributed by atoms with van der Waals surface area (Å²) in [6.07, 6.45) is 3.85. The summed E-state index contributed by atoms with van der Waals surface area (Å²) in [6, 6.07) is 14.6. The van der Waals surface area contributed by atoms with E-state index in [1.807, 2.05) is 18.2 Å². The molecule has 0 amide bonds. The molecule has 7 nitrogen and oxygen atoms in total. The van der Waals surface area contributed by atoms with Crippen molar-refractivity contribution in [2.24, 2.45) is 0 Å². The van der Waals surface area contributed by atoms with Crippen LogP contribution in [0.1, 0.15) is 12.0 Å². The predicted octanol–water partition coefficient (Wildman–Crippen LogP) is 2.20. The zero-order chi connectivity index (χ0) is 18.5. The summed E-state index contributed by atoms with van der Waals surface area (Å²) in [6.45, 7) is 3.72. The highest BCUT2D eigenvalue weighted by molar-refractivity contribution is 5.59. The molecule has 1 aliphatic heterocycles. The highest BCUT2D eigenvalue weighted by Crippen LogP contribution is 2.24. The van der Waals surface area contributed by atoms with Gasteiger partial charge in [-0.3, -0.25) is 4.90 Å². The monoisotopic (exact) mass is 365 g/mol. The van der Waals surface area contributed by atoms with Crippen molar-refractivity contribution in [1.82, 2.24) is 20.0 Å². The van der Waals surface area contributed by atoms with E-state index < -0.39 is 0 Å². The first kappa shape index (κ1) is 17.6. The first-order chi connectivity index (χ1) is 13.3. The number of aromatic nitrogens is 3. The van der Waals surface area contributed by atoms with E-state index in [1.165, 1.54) is 12.0 Å². The van der Waals surface area contributed by atoms with Crippen molar-refractivity contribution < 1.29 is 9.63 Å². The number of pyridine rings is 1. The lowest BCUT2D eigenvalue weighted by Gasteiger charge is -2.42. The minimum absolute atomic E-state index is 0.181. The lowest BCUT2D eigenvalue weighted by atomic mass is 10.1. The molecule has 0 radical (unpaired) electrons. The minimum atomic E-state index is 0.181. The van der Waals surface area contributed by atoms with Crippen LogP contribution in [0.2, 0.25) is 0 Å². The summed E-state index contributed by atoms with van der Waals surface area (Å²) in [5.41, 5.74) is 2.19. The van der Waals surface area contributed by atoms with Gasteiger partial charge in [0.15, 0.2) is 0 Å². The van der Waals surface area contributed by atoms with Gasteiger partial charge in [0.1, 0.15) is 5.82 Å². The number of aliphatic hydroxyl groups excluding tert-OH is 1. The number of hydrogen-bond donors (Lipinski definition) is 1. The van der Waals surface area contributed by atoms with Gasteiger partial charge in [-0.25, -0.2) is 4.98 Å². The predicted molar refractivity (Wildman–Crippen MR) is 102 cm³/mol. The van der Waals surface area contributed by atoms with Gasteiger partial charge in [0, 0.05) is 50.6 Å². The molecule has 0 bridgehead atoms. The van der Waals surface area contributed by atoms with Crippen LogP contribution < -0.4 is 4.90 Å². The van der Waals surface area contributed by atoms with Gasteiger partial charge < -0.3 is 14.5 Å². The van der Waals surface area contributed by atoms with Gasteiger partial charge >= 0.3 is 0 Å². The lowest BCUT2D eigenvalue weighted by molar-refractivity contribution is 0.135. The van der Waals surface area contributed by atoms with Gasteiger partial charge in [0.25, 0.3) is 0 Å².